The molecule has 0 saturated heterocycles. The van der Waals surface area contributed by atoms with Crippen LogP contribution in [0.4, 0.5) is 0 Å². The molecule has 0 bridgehead atoms. The topological polar surface area (TPSA) is 0 Å². The molecule has 0 N–H and O–H groups in total. The molecule has 0 radical (unpaired) electrons. The molecule has 11 heavy (non-hydrogen) atoms. The summed E-state index contributed by atoms with van der Waals surface area (Å²) in [4.78, 5) is 0. The number of hydrogen-bond donors (Lipinski definition) is 0. The highest BCUT2D eigenvalue weighted by Gasteiger charge is 1.92. The van der Waals surface area contributed by atoms with Gasteiger partial charge in [-0.05, 0) is 25.7 Å². The van der Waals surface area contributed by atoms with E-state index >= 15 is 0 Å². The maximum absolute atomic E-state index is 4.02. The summed E-state index contributed by atoms with van der Waals surface area (Å²) in [5, 5.41) is 0. The van der Waals surface area contributed by atoms with Crippen LogP contribution in [0.2, 0.25) is 0 Å². The van der Waals surface area contributed by atoms with Crippen molar-refractivity contribution in [2.45, 2.75) is 45.4 Å². The summed E-state index contributed by atoms with van der Waals surface area (Å²) in [6.07, 6.45) is 9.35. The van der Waals surface area contributed by atoms with Crippen LogP contribution in [0, 0.1) is 0 Å². The van der Waals surface area contributed by atoms with E-state index in [1.165, 1.54) is 31.3 Å². The molecule has 64 valence electrons. The number of allylic oxidation sites excluding steroid dienone is 2. The monoisotopic (exact) mass is 152 g/mol. The van der Waals surface area contributed by atoms with E-state index in [1.54, 1.807) is 0 Å². The first-order valence-electron chi connectivity index (χ1n) is 4.58. The lowest BCUT2D eigenvalue weighted by molar-refractivity contribution is 0.698. The second-order valence-corrected chi connectivity index (χ2v) is 3.03. The fourth-order valence-corrected chi connectivity index (χ4v) is 1.06. The van der Waals surface area contributed by atoms with Crippen LogP contribution in [-0.4, -0.2) is 0 Å². The second kappa shape index (κ2) is 7.59. The van der Waals surface area contributed by atoms with Crippen LogP contribution < -0.4 is 0 Å². The van der Waals surface area contributed by atoms with Gasteiger partial charge in [-0.3, -0.25) is 0 Å². The highest BCUT2D eigenvalue weighted by atomic mass is 14.0. The van der Waals surface area contributed by atoms with Gasteiger partial charge in [0.15, 0.2) is 0 Å². The maximum Gasteiger partial charge on any atom is -0.0288 e. The standard InChI is InChI=1S/C11H20/c1-4-6-8-10-11(3)9-7-5-2/h5H,2-4,6-10H2,1H3. The van der Waals surface area contributed by atoms with Gasteiger partial charge in [-0.1, -0.05) is 38.0 Å². The Bertz CT molecular complexity index is 111. The van der Waals surface area contributed by atoms with Crippen LogP contribution >= 0.6 is 0 Å². The van der Waals surface area contributed by atoms with Crippen LogP contribution in [0.5, 0.6) is 0 Å². The Hall–Kier alpha value is -0.520. The zero-order valence-corrected chi connectivity index (χ0v) is 7.73. The molecule has 0 fully saturated rings. The third kappa shape index (κ3) is 7.38. The summed E-state index contributed by atoms with van der Waals surface area (Å²) < 4.78 is 0. The lowest BCUT2D eigenvalue weighted by atomic mass is 10.0. The Labute approximate surface area is 71.0 Å². The molecule has 0 spiro atoms. The van der Waals surface area contributed by atoms with Gasteiger partial charge >= 0.3 is 0 Å². The molecule has 0 saturated carbocycles. The van der Waals surface area contributed by atoms with E-state index in [4.69, 9.17) is 0 Å². The smallest absolute Gasteiger partial charge is 0.0288 e. The van der Waals surface area contributed by atoms with Crippen molar-refractivity contribution >= 4 is 0 Å². The molecule has 0 heterocycles. The Balaban J connectivity index is 3.15. The molecule has 0 aliphatic rings. The van der Waals surface area contributed by atoms with Crippen molar-refractivity contribution in [2.24, 2.45) is 0 Å². The molecule has 0 unspecified atom stereocenters. The number of hydrogen-bond acceptors (Lipinski definition) is 0. The second-order valence-electron chi connectivity index (χ2n) is 3.03. The predicted octanol–water partition coefficient (Wildman–Crippen LogP) is 4.09. The van der Waals surface area contributed by atoms with Crippen LogP contribution in [0.15, 0.2) is 24.8 Å². The van der Waals surface area contributed by atoms with Gasteiger partial charge in [0.2, 0.25) is 0 Å². The van der Waals surface area contributed by atoms with Crippen LogP contribution in [-0.2, 0) is 0 Å². The third-order valence-corrected chi connectivity index (χ3v) is 1.84. The molecule has 0 aromatic heterocycles. The molecule has 0 nitrogen and oxygen atoms in total. The normalized spacial score (nSPS) is 9.55. The Morgan fingerprint density at radius 2 is 2.00 bits per heavy atom. The molecular weight excluding hydrogens is 132 g/mol. The minimum atomic E-state index is 1.09. The lowest BCUT2D eigenvalue weighted by Gasteiger charge is -2.01. The molecule has 0 aromatic rings. The number of rotatable bonds is 7. The van der Waals surface area contributed by atoms with Gasteiger partial charge in [-0.25, -0.2) is 0 Å². The lowest BCUT2D eigenvalue weighted by Crippen LogP contribution is -1.81. The summed E-state index contributed by atoms with van der Waals surface area (Å²) in [6.45, 7) is 9.93. The zero-order valence-electron chi connectivity index (χ0n) is 7.73. The summed E-state index contributed by atoms with van der Waals surface area (Å²) in [5.41, 5.74) is 1.39. The zero-order chi connectivity index (χ0) is 8.53. The van der Waals surface area contributed by atoms with Gasteiger partial charge in [0, 0.05) is 0 Å². The van der Waals surface area contributed by atoms with Crippen LogP contribution in [0.25, 0.3) is 0 Å². The molecule has 0 heteroatoms. The average Bonchev–Trinajstić information content (AvgIpc) is 2.01. The molecule has 0 atom stereocenters. The van der Waals surface area contributed by atoms with Crippen molar-refractivity contribution in [3.63, 3.8) is 0 Å². The molecule has 0 rings (SSSR count). The summed E-state index contributed by atoms with van der Waals surface area (Å²) in [6, 6.07) is 0. The van der Waals surface area contributed by atoms with Gasteiger partial charge in [0.1, 0.15) is 0 Å². The van der Waals surface area contributed by atoms with E-state index in [9.17, 15) is 0 Å². The molecule has 0 amide bonds. The minimum absolute atomic E-state index is 1.09. The summed E-state index contributed by atoms with van der Waals surface area (Å²) >= 11 is 0. The first kappa shape index (κ1) is 10.5. The van der Waals surface area contributed by atoms with Crippen LogP contribution in [0.1, 0.15) is 45.4 Å². The quantitative estimate of drug-likeness (QED) is 0.381. The fourth-order valence-electron chi connectivity index (χ4n) is 1.06. The van der Waals surface area contributed by atoms with Gasteiger partial charge in [0.25, 0.3) is 0 Å². The van der Waals surface area contributed by atoms with Gasteiger partial charge in [-0.2, -0.15) is 0 Å². The van der Waals surface area contributed by atoms with E-state index in [1.807, 2.05) is 6.08 Å². The Morgan fingerprint density at radius 3 is 2.55 bits per heavy atom. The van der Waals surface area contributed by atoms with Crippen molar-refractivity contribution in [1.82, 2.24) is 0 Å². The molecule has 0 aliphatic carbocycles. The number of unbranched alkanes of at least 4 members (excludes halogenated alkanes) is 2. The fraction of sp³-hybridized carbons (Fsp3) is 0.636. The van der Waals surface area contributed by atoms with E-state index in [0.717, 1.165) is 12.8 Å². The minimum Gasteiger partial charge on any atom is -0.103 e. The van der Waals surface area contributed by atoms with Gasteiger partial charge in [-0.15, -0.1) is 6.58 Å². The highest BCUT2D eigenvalue weighted by molar-refractivity contribution is 4.95. The largest absolute Gasteiger partial charge is 0.103 e. The van der Waals surface area contributed by atoms with E-state index < -0.39 is 0 Å². The first-order valence-corrected chi connectivity index (χ1v) is 4.58. The van der Waals surface area contributed by atoms with Crippen molar-refractivity contribution in [3.8, 4) is 0 Å². The van der Waals surface area contributed by atoms with Crippen molar-refractivity contribution in [1.29, 1.82) is 0 Å². The van der Waals surface area contributed by atoms with E-state index in [-0.39, 0.29) is 0 Å². The Kier molecular flexibility index (Phi) is 7.23. The maximum atomic E-state index is 4.02. The summed E-state index contributed by atoms with van der Waals surface area (Å²) in [5.74, 6) is 0. The molecule has 0 aliphatic heterocycles. The summed E-state index contributed by atoms with van der Waals surface area (Å²) in [7, 11) is 0. The Morgan fingerprint density at radius 1 is 1.27 bits per heavy atom. The van der Waals surface area contributed by atoms with Crippen LogP contribution in [0.3, 0.4) is 0 Å². The van der Waals surface area contributed by atoms with Crippen molar-refractivity contribution < 1.29 is 0 Å². The SMILES string of the molecule is C=CCCC(=C)CCCCC. The third-order valence-electron chi connectivity index (χ3n) is 1.84. The highest BCUT2D eigenvalue weighted by Crippen LogP contribution is 2.12. The predicted molar refractivity (Wildman–Crippen MR) is 52.7 cm³/mol. The van der Waals surface area contributed by atoms with E-state index in [2.05, 4.69) is 20.1 Å². The van der Waals surface area contributed by atoms with Gasteiger partial charge in [0.05, 0.1) is 0 Å². The van der Waals surface area contributed by atoms with E-state index in [0.29, 0.717) is 0 Å². The van der Waals surface area contributed by atoms with Crippen molar-refractivity contribution in [2.75, 3.05) is 0 Å². The van der Waals surface area contributed by atoms with Gasteiger partial charge < -0.3 is 0 Å². The van der Waals surface area contributed by atoms with Crippen molar-refractivity contribution in [3.05, 3.63) is 24.8 Å². The average molecular weight is 152 g/mol. The first-order chi connectivity index (χ1) is 5.31. The molecule has 0 aromatic carbocycles. The molecular formula is C11H20.